The van der Waals surface area contributed by atoms with Crippen molar-refractivity contribution in [2.24, 2.45) is 0 Å². The Morgan fingerprint density at radius 2 is 0.386 bits per heavy atom. The normalized spacial score (nSPS) is 11.3. The van der Waals surface area contributed by atoms with Crippen LogP contribution in [0, 0.1) is 0 Å². The fourth-order valence-corrected chi connectivity index (χ4v) is 28.1. The van der Waals surface area contributed by atoms with Gasteiger partial charge in [0, 0.05) is 0 Å². The monoisotopic (exact) mass is 853 g/mol. The fraction of sp³-hybridized carbons (Fsp3) is 0.545. The molecule has 0 heterocycles. The first-order valence-electron chi connectivity index (χ1n) is 15.3. The minimum absolute atomic E-state index is 0. The van der Waals surface area contributed by atoms with Crippen molar-refractivity contribution < 1.29 is 65.4 Å². The summed E-state index contributed by atoms with van der Waals surface area (Å²) >= 11 is 0. The minimum Gasteiger partial charge on any atom is -0.668 e. The molecular formula is C33H69N3Si6Y2. The van der Waals surface area contributed by atoms with E-state index in [2.05, 4.69) is 118 Å². The Hall–Kier alpha value is 1.44. The summed E-state index contributed by atoms with van der Waals surface area (Å²) in [6, 6.07) is 30.0. The third-order valence-electron chi connectivity index (χ3n) is 3.68. The van der Waals surface area contributed by atoms with E-state index in [9.17, 15) is 0 Å². The molecule has 3 aromatic carbocycles. The Kier molecular flexibility index (Phi) is 34.0. The maximum Gasteiger partial charge on any atom is 3.00 e. The van der Waals surface area contributed by atoms with Gasteiger partial charge in [-0.05, 0) is 0 Å². The van der Waals surface area contributed by atoms with Crippen LogP contribution >= 0.6 is 0 Å². The number of nitrogens with zero attached hydrogens (tertiary/aromatic N) is 3. The van der Waals surface area contributed by atoms with Gasteiger partial charge in [-0.25, -0.2) is 36.4 Å². The van der Waals surface area contributed by atoms with Crippen molar-refractivity contribution in [3.8, 4) is 0 Å². The molecule has 3 aromatic rings. The second kappa shape index (κ2) is 27.3. The Balaban J connectivity index is -0.000000139. The van der Waals surface area contributed by atoms with E-state index in [0.29, 0.717) is 0 Å². The zero-order chi connectivity index (χ0) is 33.7. The van der Waals surface area contributed by atoms with Crippen LogP contribution in [0.15, 0.2) is 91.0 Å². The Morgan fingerprint density at radius 1 is 0.273 bits per heavy atom. The van der Waals surface area contributed by atoms with Crippen LogP contribution in [0.1, 0.15) is 0 Å². The van der Waals surface area contributed by atoms with E-state index in [0.717, 1.165) is 0 Å². The van der Waals surface area contributed by atoms with Gasteiger partial charge in [0.05, 0.1) is 0 Å². The summed E-state index contributed by atoms with van der Waals surface area (Å²) in [5.74, 6) is 0. The maximum atomic E-state index is 4.82. The van der Waals surface area contributed by atoms with E-state index >= 15 is 0 Å². The molecule has 0 saturated heterocycles. The molecule has 3 nitrogen and oxygen atoms in total. The Morgan fingerprint density at radius 3 is 0.409 bits per heavy atom. The molecule has 0 aliphatic rings. The van der Waals surface area contributed by atoms with Crippen molar-refractivity contribution in [1.82, 2.24) is 0 Å². The predicted octanol–water partition coefficient (Wildman–Crippen LogP) is 13.3. The predicted molar refractivity (Wildman–Crippen MR) is 216 cm³/mol. The standard InChI is InChI=1S/3C6H18NSi2.3C5H5.2Y/c3*1-8(2,3)7-9(4,5)6;3*1-2-4-5-3-1;;/h3*1-6H3;3*1-5H;;/q6*-1;2*+3. The minimum atomic E-state index is -1.11. The molecule has 0 bridgehead atoms. The van der Waals surface area contributed by atoms with Gasteiger partial charge >= 0.3 is 65.4 Å². The first kappa shape index (κ1) is 54.9. The van der Waals surface area contributed by atoms with Gasteiger partial charge < -0.3 is 13.9 Å². The molecule has 0 aromatic heterocycles. The van der Waals surface area contributed by atoms with Crippen LogP contribution < -0.4 is 0 Å². The number of rotatable bonds is 6. The van der Waals surface area contributed by atoms with E-state index in [1.54, 1.807) is 0 Å². The van der Waals surface area contributed by atoms with E-state index < -0.39 is 49.4 Å². The molecule has 246 valence electrons. The smallest absolute Gasteiger partial charge is 0.668 e. The summed E-state index contributed by atoms with van der Waals surface area (Å²) in [4.78, 5) is 0. The van der Waals surface area contributed by atoms with E-state index in [4.69, 9.17) is 13.9 Å². The maximum absolute atomic E-state index is 4.82. The summed E-state index contributed by atoms with van der Waals surface area (Å²) in [5.41, 5.74) is 0. The first-order valence-corrected chi connectivity index (χ1v) is 36.0. The zero-order valence-electron chi connectivity index (χ0n) is 32.2. The zero-order valence-corrected chi connectivity index (χ0v) is 43.8. The van der Waals surface area contributed by atoms with Crippen molar-refractivity contribution >= 4 is 49.4 Å². The average Bonchev–Trinajstić information content (AvgIpc) is 3.49. The molecule has 0 aliphatic carbocycles. The quantitative estimate of drug-likeness (QED) is 0.175. The van der Waals surface area contributed by atoms with Crippen molar-refractivity contribution in [2.45, 2.75) is 118 Å². The van der Waals surface area contributed by atoms with Gasteiger partial charge in [-0.1, -0.05) is 167 Å². The summed E-state index contributed by atoms with van der Waals surface area (Å²) in [7, 11) is -6.64. The molecule has 0 unspecified atom stereocenters. The molecule has 0 fully saturated rings. The van der Waals surface area contributed by atoms with Crippen LogP contribution in [0.25, 0.3) is 13.9 Å². The van der Waals surface area contributed by atoms with Gasteiger partial charge in [-0.3, -0.25) is 0 Å². The van der Waals surface area contributed by atoms with Gasteiger partial charge in [0.1, 0.15) is 0 Å². The van der Waals surface area contributed by atoms with E-state index in [1.807, 2.05) is 91.0 Å². The van der Waals surface area contributed by atoms with Crippen molar-refractivity contribution in [2.75, 3.05) is 0 Å². The summed E-state index contributed by atoms with van der Waals surface area (Å²) in [5, 5.41) is 0. The summed E-state index contributed by atoms with van der Waals surface area (Å²) in [6.45, 7) is 41.3. The van der Waals surface area contributed by atoms with Crippen molar-refractivity contribution in [3.63, 3.8) is 0 Å². The molecule has 0 spiro atoms. The van der Waals surface area contributed by atoms with E-state index in [-0.39, 0.29) is 65.4 Å². The van der Waals surface area contributed by atoms with Crippen LogP contribution in [-0.4, -0.2) is 49.4 Å². The van der Waals surface area contributed by atoms with Crippen LogP contribution in [0.4, 0.5) is 0 Å². The van der Waals surface area contributed by atoms with Crippen LogP contribution in [0.5, 0.6) is 0 Å². The largest absolute Gasteiger partial charge is 3.00 e. The van der Waals surface area contributed by atoms with Gasteiger partial charge in [-0.2, -0.15) is 54.6 Å². The second-order valence-corrected chi connectivity index (χ2v) is 45.0. The van der Waals surface area contributed by atoms with Gasteiger partial charge in [0.2, 0.25) is 0 Å². The number of hydrogen-bond donors (Lipinski definition) is 0. The van der Waals surface area contributed by atoms with Crippen LogP contribution in [0.2, 0.25) is 118 Å². The average molecular weight is 854 g/mol. The van der Waals surface area contributed by atoms with Gasteiger partial charge in [0.25, 0.3) is 0 Å². The molecule has 44 heavy (non-hydrogen) atoms. The van der Waals surface area contributed by atoms with Crippen LogP contribution in [0.3, 0.4) is 0 Å². The third kappa shape index (κ3) is 66.0. The molecule has 0 aliphatic heterocycles. The van der Waals surface area contributed by atoms with Gasteiger partial charge in [0.15, 0.2) is 0 Å². The molecule has 0 N–H and O–H groups in total. The topological polar surface area (TPSA) is 42.3 Å². The van der Waals surface area contributed by atoms with Crippen molar-refractivity contribution in [1.29, 1.82) is 0 Å². The first-order chi connectivity index (χ1) is 18.6. The molecule has 0 saturated carbocycles. The second-order valence-electron chi connectivity index (χ2n) is 16.2. The van der Waals surface area contributed by atoms with Crippen LogP contribution in [-0.2, 0) is 65.4 Å². The number of hydrogen-bond acceptors (Lipinski definition) is 0. The van der Waals surface area contributed by atoms with Crippen molar-refractivity contribution in [3.05, 3.63) is 105 Å². The fourth-order valence-electron chi connectivity index (χ4n) is 3.98. The molecule has 0 amide bonds. The SMILES string of the molecule is C[Si](C)(C)[N-][Si](C)(C)C.C[Si](C)(C)[N-][Si](C)(C)C.C[Si](C)(C)[N-][Si](C)(C)C.[Y+3].[Y+3].c1cc[cH-]c1.c1cc[cH-]c1.c1cc[cH-]c1. The van der Waals surface area contributed by atoms with Gasteiger partial charge in [-0.15, -0.1) is 0 Å². The molecule has 0 radical (unpaired) electrons. The van der Waals surface area contributed by atoms with E-state index in [1.165, 1.54) is 0 Å². The molecule has 11 heteroatoms. The molecular weight excluding hydrogens is 785 g/mol. The summed E-state index contributed by atoms with van der Waals surface area (Å²) < 4.78 is 14.5. The molecule has 0 atom stereocenters. The third-order valence-corrected chi connectivity index (χ3v) is 19.8. The Labute approximate surface area is 333 Å². The molecule has 3 rings (SSSR count). The Bertz CT molecular complexity index is 698. The summed E-state index contributed by atoms with van der Waals surface area (Å²) in [6.07, 6.45) is 0.